The number of anilines is 1. The second-order valence-electron chi connectivity index (χ2n) is 5.00. The average molecular weight is 430 g/mol. The number of nitrogens with two attached hydrogens (primary N) is 1. The van der Waals surface area contributed by atoms with Crippen molar-refractivity contribution in [1.82, 2.24) is 0 Å². The zero-order chi connectivity index (χ0) is 17.5. The summed E-state index contributed by atoms with van der Waals surface area (Å²) in [5, 5.41) is 2.88. The molecule has 3 N–H and O–H groups in total. The van der Waals surface area contributed by atoms with Crippen molar-refractivity contribution >= 4 is 39.9 Å². The Labute approximate surface area is 162 Å². The molecule has 0 unspecified atom stereocenters. The smallest absolute Gasteiger partial charge is 0.255 e. The lowest BCUT2D eigenvalue weighted by Gasteiger charge is -2.15. The lowest BCUT2D eigenvalue weighted by Crippen LogP contribution is -2.13. The maximum Gasteiger partial charge on any atom is 0.255 e. The summed E-state index contributed by atoms with van der Waals surface area (Å²) in [6.07, 6.45) is 0. The zero-order valence-corrected chi connectivity index (χ0v) is 16.6. The minimum atomic E-state index is -0.203. The van der Waals surface area contributed by atoms with Gasteiger partial charge in [-0.05, 0) is 47.5 Å². The monoisotopic (exact) mass is 428 g/mol. The highest BCUT2D eigenvalue weighted by molar-refractivity contribution is 9.10. The summed E-state index contributed by atoms with van der Waals surface area (Å²) in [4.78, 5) is 12.4. The first-order chi connectivity index (χ1) is 11.6. The van der Waals surface area contributed by atoms with Gasteiger partial charge in [0.05, 0.1) is 18.9 Å². The molecule has 0 spiro atoms. The Hall–Kier alpha value is -1.76. The van der Waals surface area contributed by atoms with Crippen LogP contribution < -0.4 is 20.5 Å². The van der Waals surface area contributed by atoms with Gasteiger partial charge >= 0.3 is 0 Å². The molecule has 0 aliphatic carbocycles. The van der Waals surface area contributed by atoms with E-state index in [0.29, 0.717) is 42.5 Å². The Kier molecular flexibility index (Phi) is 8.75. The van der Waals surface area contributed by atoms with Gasteiger partial charge in [-0.2, -0.15) is 0 Å². The van der Waals surface area contributed by atoms with Crippen LogP contribution in [0.25, 0.3) is 0 Å². The van der Waals surface area contributed by atoms with Crippen LogP contribution in [0.3, 0.4) is 0 Å². The van der Waals surface area contributed by atoms with Crippen molar-refractivity contribution in [2.45, 2.75) is 20.4 Å². The van der Waals surface area contributed by atoms with Gasteiger partial charge in [0.2, 0.25) is 0 Å². The predicted octanol–water partition coefficient (Wildman–Crippen LogP) is 4.38. The molecule has 5 nitrogen and oxygen atoms in total. The number of nitrogens with one attached hydrogen (secondary N) is 1. The van der Waals surface area contributed by atoms with Crippen molar-refractivity contribution in [2.24, 2.45) is 5.73 Å². The number of ether oxygens (including phenoxy) is 2. The van der Waals surface area contributed by atoms with Crippen molar-refractivity contribution in [3.05, 3.63) is 52.0 Å². The fraction of sp³-hybridized carbons (Fsp3) is 0.278. The van der Waals surface area contributed by atoms with Crippen molar-refractivity contribution in [3.8, 4) is 11.5 Å². The number of halogens is 2. The van der Waals surface area contributed by atoms with E-state index in [1.165, 1.54) is 0 Å². The largest absolute Gasteiger partial charge is 0.490 e. The third kappa shape index (κ3) is 5.63. The highest BCUT2D eigenvalue weighted by Gasteiger charge is 2.14. The van der Waals surface area contributed by atoms with Gasteiger partial charge in [0.1, 0.15) is 0 Å². The van der Waals surface area contributed by atoms with Gasteiger partial charge in [-0.15, -0.1) is 12.4 Å². The molecule has 1 amide bonds. The summed E-state index contributed by atoms with van der Waals surface area (Å²) in [5.74, 6) is 1.03. The third-order valence-corrected chi connectivity index (χ3v) is 3.99. The first-order valence-corrected chi connectivity index (χ1v) is 8.57. The predicted molar refractivity (Wildman–Crippen MR) is 106 cm³/mol. The fourth-order valence-electron chi connectivity index (χ4n) is 2.15. The van der Waals surface area contributed by atoms with Crippen LogP contribution in [0.1, 0.15) is 29.8 Å². The van der Waals surface area contributed by atoms with Gasteiger partial charge in [0.15, 0.2) is 11.5 Å². The van der Waals surface area contributed by atoms with Gasteiger partial charge in [0.25, 0.3) is 5.91 Å². The van der Waals surface area contributed by atoms with Crippen LogP contribution in [0.15, 0.2) is 40.9 Å². The van der Waals surface area contributed by atoms with E-state index in [4.69, 9.17) is 15.2 Å². The normalized spacial score (nSPS) is 9.92. The highest BCUT2D eigenvalue weighted by Crippen LogP contribution is 2.37. The summed E-state index contributed by atoms with van der Waals surface area (Å²) >= 11 is 3.46. The topological polar surface area (TPSA) is 73.6 Å². The van der Waals surface area contributed by atoms with Crippen LogP contribution in [-0.4, -0.2) is 19.1 Å². The third-order valence-electron chi connectivity index (χ3n) is 3.33. The molecule has 136 valence electrons. The number of carbonyl (C=O) groups excluding carboxylic acids is 1. The minimum absolute atomic E-state index is 0. The van der Waals surface area contributed by atoms with Gasteiger partial charge in [-0.3, -0.25) is 4.79 Å². The van der Waals surface area contributed by atoms with Crippen LogP contribution in [0.4, 0.5) is 5.69 Å². The molecule has 2 aromatic rings. The van der Waals surface area contributed by atoms with Gasteiger partial charge in [0, 0.05) is 28.7 Å². The number of carbonyl (C=O) groups is 1. The Morgan fingerprint density at radius 1 is 1.08 bits per heavy atom. The van der Waals surface area contributed by atoms with Crippen molar-refractivity contribution in [3.63, 3.8) is 0 Å². The van der Waals surface area contributed by atoms with E-state index in [-0.39, 0.29) is 18.3 Å². The fourth-order valence-corrected chi connectivity index (χ4v) is 2.58. The van der Waals surface area contributed by atoms with Gasteiger partial charge in [-0.25, -0.2) is 0 Å². The van der Waals surface area contributed by atoms with E-state index < -0.39 is 0 Å². The molecule has 0 saturated carbocycles. The van der Waals surface area contributed by atoms with E-state index in [0.717, 1.165) is 10.0 Å². The minimum Gasteiger partial charge on any atom is -0.490 e. The van der Waals surface area contributed by atoms with E-state index in [1.54, 1.807) is 24.3 Å². The molecule has 0 radical (unpaired) electrons. The van der Waals surface area contributed by atoms with Crippen molar-refractivity contribution < 1.29 is 14.3 Å². The quantitative estimate of drug-likeness (QED) is 0.685. The van der Waals surface area contributed by atoms with Gasteiger partial charge < -0.3 is 20.5 Å². The first kappa shape index (κ1) is 21.3. The zero-order valence-electron chi connectivity index (χ0n) is 14.2. The SMILES string of the molecule is CCOc1cc(Br)c(NC(=O)c2ccc(CN)cc2)cc1OCC.Cl. The Balaban J connectivity index is 0.00000312. The lowest BCUT2D eigenvalue weighted by atomic mass is 10.1. The van der Waals surface area contributed by atoms with E-state index >= 15 is 0 Å². The van der Waals surface area contributed by atoms with Crippen molar-refractivity contribution in [2.75, 3.05) is 18.5 Å². The van der Waals surface area contributed by atoms with Crippen LogP contribution >= 0.6 is 28.3 Å². The summed E-state index contributed by atoms with van der Waals surface area (Å²) in [6, 6.07) is 10.7. The second-order valence-corrected chi connectivity index (χ2v) is 5.85. The first-order valence-electron chi connectivity index (χ1n) is 7.78. The van der Waals surface area contributed by atoms with E-state index in [9.17, 15) is 4.79 Å². The maximum atomic E-state index is 12.4. The molecule has 0 heterocycles. The summed E-state index contributed by atoms with van der Waals surface area (Å²) in [5.41, 5.74) is 7.73. The van der Waals surface area contributed by atoms with Crippen LogP contribution in [-0.2, 0) is 6.54 Å². The van der Waals surface area contributed by atoms with E-state index in [1.807, 2.05) is 26.0 Å². The number of hydrogen-bond donors (Lipinski definition) is 2. The average Bonchev–Trinajstić information content (AvgIpc) is 2.59. The number of hydrogen-bond acceptors (Lipinski definition) is 4. The second kappa shape index (κ2) is 10.3. The van der Waals surface area contributed by atoms with E-state index in [2.05, 4.69) is 21.2 Å². The van der Waals surface area contributed by atoms with Crippen LogP contribution in [0, 0.1) is 0 Å². The Morgan fingerprint density at radius 3 is 2.16 bits per heavy atom. The molecule has 0 bridgehead atoms. The molecule has 7 heteroatoms. The maximum absolute atomic E-state index is 12.4. The summed E-state index contributed by atoms with van der Waals surface area (Å²) in [6.45, 7) is 5.30. The standard InChI is InChI=1S/C18H21BrN2O3.ClH/c1-3-23-16-9-14(19)15(10-17(16)24-4-2)21-18(22)13-7-5-12(11-20)6-8-13;/h5-10H,3-4,11,20H2,1-2H3,(H,21,22);1H. The lowest BCUT2D eigenvalue weighted by molar-refractivity contribution is 0.102. The molecule has 0 saturated heterocycles. The molecule has 0 atom stereocenters. The molecule has 0 aromatic heterocycles. The number of amides is 1. The van der Waals surface area contributed by atoms with Crippen LogP contribution in [0.2, 0.25) is 0 Å². The van der Waals surface area contributed by atoms with Crippen molar-refractivity contribution in [1.29, 1.82) is 0 Å². The molecule has 0 fully saturated rings. The molecular weight excluding hydrogens is 408 g/mol. The van der Waals surface area contributed by atoms with Gasteiger partial charge in [-0.1, -0.05) is 12.1 Å². The molecule has 25 heavy (non-hydrogen) atoms. The molecule has 2 rings (SSSR count). The summed E-state index contributed by atoms with van der Waals surface area (Å²) < 4.78 is 11.9. The number of benzene rings is 2. The molecular formula is C18H22BrClN2O3. The highest BCUT2D eigenvalue weighted by atomic mass is 79.9. The Morgan fingerprint density at radius 2 is 1.64 bits per heavy atom. The number of rotatable bonds is 7. The van der Waals surface area contributed by atoms with Crippen LogP contribution in [0.5, 0.6) is 11.5 Å². The molecule has 2 aromatic carbocycles. The molecule has 0 aliphatic heterocycles. The Bertz CT molecular complexity index is 708. The molecule has 0 aliphatic rings. The summed E-state index contributed by atoms with van der Waals surface area (Å²) in [7, 11) is 0.